The maximum Gasteiger partial charge on any atom is 0.323 e. The van der Waals surface area contributed by atoms with Crippen LogP contribution in [0.1, 0.15) is 0 Å². The highest BCUT2D eigenvalue weighted by atomic mass is 16.5. The van der Waals surface area contributed by atoms with E-state index in [2.05, 4.69) is 10.6 Å². The van der Waals surface area contributed by atoms with Gasteiger partial charge in [0.05, 0.1) is 5.69 Å². The molecule has 0 heterocycles. The Labute approximate surface area is 121 Å². The summed E-state index contributed by atoms with van der Waals surface area (Å²) in [6, 6.07) is 15.4. The Morgan fingerprint density at radius 3 is 2.38 bits per heavy atom. The molecule has 0 saturated heterocycles. The summed E-state index contributed by atoms with van der Waals surface area (Å²) in [6.07, 6.45) is 0. The van der Waals surface area contributed by atoms with Gasteiger partial charge in [0.25, 0.3) is 0 Å². The highest BCUT2D eigenvalue weighted by molar-refractivity contribution is 5.92. The average molecular weight is 286 g/mol. The second-order valence-corrected chi connectivity index (χ2v) is 4.11. The lowest BCUT2D eigenvalue weighted by atomic mass is 10.3. The van der Waals surface area contributed by atoms with E-state index < -0.39 is 18.5 Å². The molecule has 6 nitrogen and oxygen atoms in total. The molecule has 0 atom stereocenters. The molecule has 0 aliphatic carbocycles. The Morgan fingerprint density at radius 1 is 1.00 bits per heavy atom. The fourth-order valence-corrected chi connectivity index (χ4v) is 1.60. The first-order valence-electron chi connectivity index (χ1n) is 6.24. The highest BCUT2D eigenvalue weighted by Gasteiger charge is 2.08. The van der Waals surface area contributed by atoms with Crippen molar-refractivity contribution in [2.24, 2.45) is 0 Å². The molecule has 0 aliphatic heterocycles. The smallest absolute Gasteiger partial charge is 0.323 e. The van der Waals surface area contributed by atoms with Crippen LogP contribution in [0.2, 0.25) is 0 Å². The number of carbonyl (C=O) groups excluding carboxylic acids is 1. The van der Waals surface area contributed by atoms with Gasteiger partial charge in [0.1, 0.15) is 12.3 Å². The van der Waals surface area contributed by atoms with Crippen molar-refractivity contribution in [2.75, 3.05) is 11.9 Å². The van der Waals surface area contributed by atoms with Gasteiger partial charge in [-0.2, -0.15) is 0 Å². The van der Waals surface area contributed by atoms with E-state index in [4.69, 9.17) is 9.84 Å². The van der Waals surface area contributed by atoms with Crippen LogP contribution in [-0.2, 0) is 4.79 Å². The molecule has 0 fully saturated rings. The van der Waals surface area contributed by atoms with Gasteiger partial charge in [-0.1, -0.05) is 30.3 Å². The monoisotopic (exact) mass is 286 g/mol. The van der Waals surface area contributed by atoms with E-state index in [1.165, 1.54) is 0 Å². The molecule has 0 aromatic heterocycles. The molecule has 2 rings (SSSR count). The minimum atomic E-state index is -1.11. The lowest BCUT2D eigenvalue weighted by molar-refractivity contribution is -0.135. The molecule has 21 heavy (non-hydrogen) atoms. The molecule has 2 amide bonds. The number of ether oxygens (including phenoxy) is 1. The van der Waals surface area contributed by atoms with Gasteiger partial charge in [0.2, 0.25) is 0 Å². The molecule has 0 bridgehead atoms. The molecule has 2 aromatic rings. The number of anilines is 1. The lowest BCUT2D eigenvalue weighted by Crippen LogP contribution is -2.33. The van der Waals surface area contributed by atoms with Crippen molar-refractivity contribution in [3.63, 3.8) is 0 Å². The summed E-state index contributed by atoms with van der Waals surface area (Å²) in [6.45, 7) is -0.451. The van der Waals surface area contributed by atoms with E-state index >= 15 is 0 Å². The maximum absolute atomic E-state index is 11.6. The Balaban J connectivity index is 2.06. The summed E-state index contributed by atoms with van der Waals surface area (Å²) >= 11 is 0. The second kappa shape index (κ2) is 6.95. The van der Waals surface area contributed by atoms with Crippen LogP contribution < -0.4 is 15.4 Å². The third-order valence-corrected chi connectivity index (χ3v) is 2.51. The number of urea groups is 1. The van der Waals surface area contributed by atoms with Crippen LogP contribution in [-0.4, -0.2) is 23.7 Å². The number of amides is 2. The van der Waals surface area contributed by atoms with Crippen LogP contribution in [0.3, 0.4) is 0 Å². The average Bonchev–Trinajstić information content (AvgIpc) is 2.48. The van der Waals surface area contributed by atoms with Gasteiger partial charge in [0, 0.05) is 0 Å². The molecule has 0 aliphatic rings. The number of nitrogens with one attached hydrogen (secondary N) is 2. The number of hydrogen-bond donors (Lipinski definition) is 3. The van der Waals surface area contributed by atoms with Crippen LogP contribution in [0.5, 0.6) is 11.5 Å². The normalized spacial score (nSPS) is 9.71. The summed E-state index contributed by atoms with van der Waals surface area (Å²) in [5.41, 5.74) is 0.448. The Kier molecular flexibility index (Phi) is 4.76. The van der Waals surface area contributed by atoms with Crippen molar-refractivity contribution in [1.29, 1.82) is 0 Å². The Hall–Kier alpha value is -3.02. The predicted octanol–water partition coefficient (Wildman–Crippen LogP) is 2.69. The van der Waals surface area contributed by atoms with E-state index in [0.29, 0.717) is 17.2 Å². The lowest BCUT2D eigenvalue weighted by Gasteiger charge is -2.12. The molecular formula is C15H14N2O4. The summed E-state index contributed by atoms with van der Waals surface area (Å²) in [4.78, 5) is 22.0. The number of hydrogen-bond acceptors (Lipinski definition) is 3. The van der Waals surface area contributed by atoms with Gasteiger partial charge < -0.3 is 20.5 Å². The van der Waals surface area contributed by atoms with Gasteiger partial charge in [-0.25, -0.2) is 4.79 Å². The van der Waals surface area contributed by atoms with E-state index in [-0.39, 0.29) is 0 Å². The quantitative estimate of drug-likeness (QED) is 0.788. The zero-order chi connectivity index (χ0) is 15.1. The number of carboxylic acid groups (broad SMARTS) is 1. The van der Waals surface area contributed by atoms with Gasteiger partial charge in [-0.3, -0.25) is 4.79 Å². The summed E-state index contributed by atoms with van der Waals surface area (Å²) in [5.74, 6) is -0.00848. The molecule has 0 spiro atoms. The molecular weight excluding hydrogens is 272 g/mol. The first-order valence-corrected chi connectivity index (χ1v) is 6.24. The van der Waals surface area contributed by atoms with Crippen molar-refractivity contribution in [1.82, 2.24) is 5.32 Å². The minimum absolute atomic E-state index is 0.448. The third kappa shape index (κ3) is 4.54. The largest absolute Gasteiger partial charge is 0.480 e. The number of benzene rings is 2. The summed E-state index contributed by atoms with van der Waals surface area (Å²) < 4.78 is 5.68. The van der Waals surface area contributed by atoms with Crippen LogP contribution in [0.25, 0.3) is 0 Å². The van der Waals surface area contributed by atoms with Gasteiger partial charge in [-0.05, 0) is 24.3 Å². The predicted molar refractivity (Wildman–Crippen MR) is 77.6 cm³/mol. The summed E-state index contributed by atoms with van der Waals surface area (Å²) in [5, 5.41) is 13.3. The third-order valence-electron chi connectivity index (χ3n) is 2.51. The SMILES string of the molecule is O=C(O)CNC(=O)Nc1ccccc1Oc1ccccc1. The van der Waals surface area contributed by atoms with E-state index in [9.17, 15) is 9.59 Å². The van der Waals surface area contributed by atoms with E-state index in [0.717, 1.165) is 0 Å². The first-order chi connectivity index (χ1) is 10.1. The Bertz CT molecular complexity index is 629. The van der Waals surface area contributed by atoms with Crippen molar-refractivity contribution in [3.05, 3.63) is 54.6 Å². The standard InChI is InChI=1S/C15H14N2O4/c18-14(19)10-16-15(20)17-12-8-4-5-9-13(12)21-11-6-2-1-3-7-11/h1-9H,10H2,(H,18,19)(H2,16,17,20). The number of rotatable bonds is 5. The molecule has 0 saturated carbocycles. The van der Waals surface area contributed by atoms with Gasteiger partial charge in [-0.15, -0.1) is 0 Å². The molecule has 2 aromatic carbocycles. The fraction of sp³-hybridized carbons (Fsp3) is 0.0667. The van der Waals surface area contributed by atoms with Crippen molar-refractivity contribution >= 4 is 17.7 Å². The van der Waals surface area contributed by atoms with E-state index in [1.54, 1.807) is 36.4 Å². The molecule has 0 unspecified atom stereocenters. The number of aliphatic carboxylic acids is 1. The zero-order valence-corrected chi connectivity index (χ0v) is 11.1. The first kappa shape index (κ1) is 14.4. The van der Waals surface area contributed by atoms with Crippen molar-refractivity contribution in [2.45, 2.75) is 0 Å². The number of carbonyl (C=O) groups is 2. The van der Waals surface area contributed by atoms with Crippen LogP contribution in [0, 0.1) is 0 Å². The van der Waals surface area contributed by atoms with Crippen LogP contribution >= 0.6 is 0 Å². The number of para-hydroxylation sites is 3. The van der Waals surface area contributed by atoms with Crippen molar-refractivity contribution < 1.29 is 19.4 Å². The summed E-state index contributed by atoms with van der Waals surface area (Å²) in [7, 11) is 0. The van der Waals surface area contributed by atoms with Crippen LogP contribution in [0.4, 0.5) is 10.5 Å². The molecule has 0 radical (unpaired) electrons. The topological polar surface area (TPSA) is 87.7 Å². The molecule has 6 heteroatoms. The minimum Gasteiger partial charge on any atom is -0.480 e. The van der Waals surface area contributed by atoms with Gasteiger partial charge in [0.15, 0.2) is 5.75 Å². The molecule has 3 N–H and O–H groups in total. The maximum atomic E-state index is 11.6. The van der Waals surface area contributed by atoms with Crippen molar-refractivity contribution in [3.8, 4) is 11.5 Å². The van der Waals surface area contributed by atoms with Gasteiger partial charge >= 0.3 is 12.0 Å². The molecule has 108 valence electrons. The Morgan fingerprint density at radius 2 is 1.67 bits per heavy atom. The van der Waals surface area contributed by atoms with E-state index in [1.807, 2.05) is 18.2 Å². The number of carboxylic acids is 1. The zero-order valence-electron chi connectivity index (χ0n) is 11.1. The fourth-order valence-electron chi connectivity index (χ4n) is 1.60. The second-order valence-electron chi connectivity index (χ2n) is 4.11. The van der Waals surface area contributed by atoms with Crippen LogP contribution in [0.15, 0.2) is 54.6 Å². The highest BCUT2D eigenvalue weighted by Crippen LogP contribution is 2.28.